The van der Waals surface area contributed by atoms with Gasteiger partial charge in [0.1, 0.15) is 0 Å². The Morgan fingerprint density at radius 1 is 1.19 bits per heavy atom. The van der Waals surface area contributed by atoms with Gasteiger partial charge in [0.05, 0.1) is 4.90 Å². The van der Waals surface area contributed by atoms with E-state index in [1.165, 1.54) is 6.42 Å². The summed E-state index contributed by atoms with van der Waals surface area (Å²) >= 11 is 0. The number of aliphatic imine (C=N–C) groups is 1. The van der Waals surface area contributed by atoms with Crippen LogP contribution in [0.5, 0.6) is 0 Å². The first-order valence-corrected chi connectivity index (χ1v) is 11.3. The highest BCUT2D eigenvalue weighted by molar-refractivity contribution is 7.89. The van der Waals surface area contributed by atoms with Gasteiger partial charge in [-0.25, -0.2) is 8.42 Å². The van der Waals surface area contributed by atoms with Gasteiger partial charge in [0.25, 0.3) is 0 Å². The molecule has 1 aromatic carbocycles. The Hall–Kier alpha value is -1.60. The summed E-state index contributed by atoms with van der Waals surface area (Å²) in [5.74, 6) is 1.44. The highest BCUT2D eigenvalue weighted by Gasteiger charge is 2.32. The van der Waals surface area contributed by atoms with Gasteiger partial charge in [0.2, 0.25) is 10.0 Å². The highest BCUT2D eigenvalue weighted by Crippen LogP contribution is 2.29. The maximum absolute atomic E-state index is 12.7. The molecule has 0 amide bonds. The second kappa shape index (κ2) is 8.19. The van der Waals surface area contributed by atoms with Crippen LogP contribution in [-0.4, -0.2) is 63.4 Å². The minimum atomic E-state index is -3.37. The second-order valence-electron chi connectivity index (χ2n) is 8.42. The molecule has 0 spiro atoms. The lowest BCUT2D eigenvalue weighted by atomic mass is 9.93. The largest absolute Gasteiger partial charge is 0.356 e. The Labute approximate surface area is 163 Å². The molecule has 0 aliphatic carbocycles. The van der Waals surface area contributed by atoms with Gasteiger partial charge in [-0.15, -0.1) is 0 Å². The fraction of sp³-hybridized carbons (Fsp3) is 0.650. The molecule has 1 N–H and O–H groups in total. The minimum Gasteiger partial charge on any atom is -0.356 e. The zero-order chi connectivity index (χ0) is 19.5. The van der Waals surface area contributed by atoms with Crippen LogP contribution in [0.3, 0.4) is 0 Å². The lowest BCUT2D eigenvalue weighted by Gasteiger charge is -2.32. The maximum Gasteiger partial charge on any atom is 0.243 e. The Morgan fingerprint density at radius 2 is 1.85 bits per heavy atom. The normalized spacial score (nSPS) is 22.2. The number of hydrogen-bond acceptors (Lipinski definition) is 3. The first-order chi connectivity index (χ1) is 12.8. The predicted molar refractivity (Wildman–Crippen MR) is 109 cm³/mol. The lowest BCUT2D eigenvalue weighted by molar-refractivity contribution is 0.271. The van der Waals surface area contributed by atoms with Crippen molar-refractivity contribution in [3.05, 3.63) is 30.3 Å². The van der Waals surface area contributed by atoms with E-state index in [0.29, 0.717) is 29.3 Å². The van der Waals surface area contributed by atoms with Gasteiger partial charge in [-0.3, -0.25) is 4.99 Å². The fourth-order valence-corrected chi connectivity index (χ4v) is 5.45. The van der Waals surface area contributed by atoms with Crippen molar-refractivity contribution in [1.29, 1.82) is 0 Å². The Morgan fingerprint density at radius 3 is 2.41 bits per heavy atom. The molecule has 0 atom stereocenters. The van der Waals surface area contributed by atoms with Gasteiger partial charge in [-0.05, 0) is 42.7 Å². The van der Waals surface area contributed by atoms with E-state index in [0.717, 1.165) is 38.4 Å². The van der Waals surface area contributed by atoms with Crippen molar-refractivity contribution in [1.82, 2.24) is 14.5 Å². The van der Waals surface area contributed by atoms with Crippen LogP contribution in [0.2, 0.25) is 0 Å². The van der Waals surface area contributed by atoms with Crippen molar-refractivity contribution in [2.45, 2.75) is 38.0 Å². The topological polar surface area (TPSA) is 65.0 Å². The van der Waals surface area contributed by atoms with Crippen LogP contribution in [-0.2, 0) is 10.0 Å². The number of guanidine groups is 1. The standard InChI is InChI=1S/C20H32N4O2S/c1-20(2)11-14-23(16-20)19(21-3)22-15-17-9-12-24(13-10-17)27(25,26)18-7-5-4-6-8-18/h4-8,17H,9-16H2,1-3H3,(H,21,22). The Balaban J connectivity index is 1.50. The zero-order valence-electron chi connectivity index (χ0n) is 16.7. The number of piperidine rings is 1. The third-order valence-electron chi connectivity index (χ3n) is 5.69. The minimum absolute atomic E-state index is 0.342. The molecule has 0 radical (unpaired) electrons. The monoisotopic (exact) mass is 392 g/mol. The quantitative estimate of drug-likeness (QED) is 0.631. The summed E-state index contributed by atoms with van der Waals surface area (Å²) in [6.07, 6.45) is 2.94. The average molecular weight is 393 g/mol. The van der Waals surface area contributed by atoms with Gasteiger partial charge in [0, 0.05) is 39.8 Å². The summed E-state index contributed by atoms with van der Waals surface area (Å²) in [5.41, 5.74) is 0.342. The SMILES string of the molecule is CN=C(NCC1CCN(S(=O)(=O)c2ccccc2)CC1)N1CCC(C)(C)C1. The predicted octanol–water partition coefficient (Wildman–Crippen LogP) is 2.39. The van der Waals surface area contributed by atoms with Crippen molar-refractivity contribution in [3.63, 3.8) is 0 Å². The lowest BCUT2D eigenvalue weighted by Crippen LogP contribution is -2.45. The van der Waals surface area contributed by atoms with E-state index in [2.05, 4.69) is 29.1 Å². The fourth-order valence-electron chi connectivity index (χ4n) is 3.96. The van der Waals surface area contributed by atoms with Crippen molar-refractivity contribution in [2.75, 3.05) is 39.8 Å². The molecule has 27 heavy (non-hydrogen) atoms. The summed E-state index contributed by atoms with van der Waals surface area (Å²) in [4.78, 5) is 7.16. The number of sulfonamides is 1. The van der Waals surface area contributed by atoms with Crippen LogP contribution in [0.25, 0.3) is 0 Å². The van der Waals surface area contributed by atoms with Gasteiger partial charge in [0.15, 0.2) is 5.96 Å². The second-order valence-corrected chi connectivity index (χ2v) is 10.4. The molecular weight excluding hydrogens is 360 g/mol. The molecule has 2 fully saturated rings. The molecule has 0 aromatic heterocycles. The number of likely N-dealkylation sites (tertiary alicyclic amines) is 1. The van der Waals surface area contributed by atoms with Crippen LogP contribution in [0.15, 0.2) is 40.2 Å². The van der Waals surface area contributed by atoms with Gasteiger partial charge in [-0.2, -0.15) is 4.31 Å². The van der Waals surface area contributed by atoms with E-state index in [1.807, 2.05) is 13.1 Å². The maximum atomic E-state index is 12.7. The summed E-state index contributed by atoms with van der Waals surface area (Å²) in [6, 6.07) is 8.73. The number of hydrogen-bond donors (Lipinski definition) is 1. The molecule has 0 bridgehead atoms. The first kappa shape index (κ1) is 20.1. The summed E-state index contributed by atoms with van der Waals surface area (Å²) in [6.45, 7) is 8.67. The van der Waals surface area contributed by atoms with Gasteiger partial charge < -0.3 is 10.2 Å². The molecule has 150 valence electrons. The molecular formula is C20H32N4O2S. The average Bonchev–Trinajstić information content (AvgIpc) is 3.03. The molecule has 7 heteroatoms. The molecule has 2 saturated heterocycles. The zero-order valence-corrected chi connectivity index (χ0v) is 17.5. The van der Waals surface area contributed by atoms with E-state index in [-0.39, 0.29) is 0 Å². The van der Waals surface area contributed by atoms with Crippen LogP contribution in [0, 0.1) is 11.3 Å². The van der Waals surface area contributed by atoms with E-state index in [9.17, 15) is 8.42 Å². The number of benzene rings is 1. The number of nitrogens with zero attached hydrogens (tertiary/aromatic N) is 3. The van der Waals surface area contributed by atoms with Crippen molar-refractivity contribution in [2.24, 2.45) is 16.3 Å². The third-order valence-corrected chi connectivity index (χ3v) is 7.60. The van der Waals surface area contributed by atoms with E-state index >= 15 is 0 Å². The van der Waals surface area contributed by atoms with E-state index in [4.69, 9.17) is 0 Å². The molecule has 6 nitrogen and oxygen atoms in total. The summed E-state index contributed by atoms with van der Waals surface area (Å²) in [5, 5.41) is 3.51. The Kier molecular flexibility index (Phi) is 6.11. The molecule has 0 saturated carbocycles. The third kappa shape index (κ3) is 4.82. The highest BCUT2D eigenvalue weighted by atomic mass is 32.2. The number of nitrogens with one attached hydrogen (secondary N) is 1. The van der Waals surface area contributed by atoms with Gasteiger partial charge >= 0.3 is 0 Å². The molecule has 2 heterocycles. The van der Waals surface area contributed by atoms with Gasteiger partial charge in [-0.1, -0.05) is 32.0 Å². The summed E-state index contributed by atoms with van der Waals surface area (Å²) in [7, 11) is -1.53. The number of rotatable bonds is 4. The molecule has 1 aromatic rings. The van der Waals surface area contributed by atoms with Crippen LogP contribution < -0.4 is 5.32 Å². The Bertz CT molecular complexity index is 753. The van der Waals surface area contributed by atoms with E-state index < -0.39 is 10.0 Å². The smallest absolute Gasteiger partial charge is 0.243 e. The van der Waals surface area contributed by atoms with Crippen LogP contribution >= 0.6 is 0 Å². The summed E-state index contributed by atoms with van der Waals surface area (Å²) < 4.78 is 27.1. The van der Waals surface area contributed by atoms with Crippen LogP contribution in [0.4, 0.5) is 0 Å². The van der Waals surface area contributed by atoms with Crippen LogP contribution in [0.1, 0.15) is 33.1 Å². The van der Waals surface area contributed by atoms with Crippen molar-refractivity contribution < 1.29 is 8.42 Å². The van der Waals surface area contributed by atoms with Crippen molar-refractivity contribution in [3.8, 4) is 0 Å². The van der Waals surface area contributed by atoms with E-state index in [1.54, 1.807) is 28.6 Å². The molecule has 2 aliphatic heterocycles. The van der Waals surface area contributed by atoms with Crippen molar-refractivity contribution >= 4 is 16.0 Å². The molecule has 0 unspecified atom stereocenters. The molecule has 3 rings (SSSR count). The first-order valence-electron chi connectivity index (χ1n) is 9.83. The molecule has 2 aliphatic rings.